The quantitative estimate of drug-likeness (QED) is 0.597. The van der Waals surface area contributed by atoms with Crippen LogP contribution >= 0.6 is 0 Å². The minimum atomic E-state index is -0.0275. The predicted octanol–water partition coefficient (Wildman–Crippen LogP) is 4.73. The van der Waals surface area contributed by atoms with Crippen molar-refractivity contribution in [2.24, 2.45) is 0 Å². The molecule has 1 aromatic heterocycles. The molecule has 2 heterocycles. The second-order valence-corrected chi connectivity index (χ2v) is 6.93. The van der Waals surface area contributed by atoms with Crippen molar-refractivity contribution >= 4 is 5.91 Å². The first-order valence-electron chi connectivity index (χ1n) is 9.45. The van der Waals surface area contributed by atoms with Gasteiger partial charge in [0.25, 0.3) is 0 Å². The van der Waals surface area contributed by atoms with E-state index in [1.807, 2.05) is 47.4 Å². The third-order valence-corrected chi connectivity index (χ3v) is 5.07. The number of furan rings is 1. The van der Waals surface area contributed by atoms with Gasteiger partial charge in [-0.3, -0.25) is 4.79 Å². The molecule has 1 aliphatic rings. The number of hydrogen-bond donors (Lipinski definition) is 0. The van der Waals surface area contributed by atoms with Gasteiger partial charge in [-0.05, 0) is 42.7 Å². The first-order chi connectivity index (χ1) is 13.7. The molecule has 0 spiro atoms. The molecular weight excluding hydrogens is 354 g/mol. The number of carbonyl (C=O) groups is 1. The number of rotatable bonds is 7. The summed E-state index contributed by atoms with van der Waals surface area (Å²) in [5.74, 6) is 1.61. The summed E-state index contributed by atoms with van der Waals surface area (Å²) in [7, 11) is 0. The Hall–Kier alpha value is -3.21. The number of nitrogens with zero attached hydrogens (tertiary/aromatic N) is 1. The smallest absolute Gasteiger partial charge is 0.231 e. The van der Waals surface area contributed by atoms with Gasteiger partial charge in [-0.25, -0.2) is 0 Å². The van der Waals surface area contributed by atoms with Gasteiger partial charge in [0, 0.05) is 18.5 Å². The molecule has 1 unspecified atom stereocenters. The van der Waals surface area contributed by atoms with Gasteiger partial charge in [0.1, 0.15) is 0 Å². The van der Waals surface area contributed by atoms with Gasteiger partial charge in [-0.15, -0.1) is 0 Å². The summed E-state index contributed by atoms with van der Waals surface area (Å²) in [6.45, 7) is 2.84. The molecule has 1 amide bonds. The van der Waals surface area contributed by atoms with E-state index < -0.39 is 0 Å². The van der Waals surface area contributed by atoms with Crippen LogP contribution in [0.4, 0.5) is 0 Å². The standard InChI is InChI=1S/C23H23NO4/c1-17(20-5-3-2-4-6-20)24(14-19-11-12-26-15-19)23(25)10-8-18-7-9-21-22(13-18)28-16-27-21/h2-7,9,11-13,15,17H,8,10,14,16H2,1H3. The molecule has 0 fully saturated rings. The highest BCUT2D eigenvalue weighted by Gasteiger charge is 2.22. The van der Waals surface area contributed by atoms with Crippen LogP contribution in [0.3, 0.4) is 0 Å². The normalized spacial score (nSPS) is 13.3. The maximum Gasteiger partial charge on any atom is 0.231 e. The summed E-state index contributed by atoms with van der Waals surface area (Å²) in [4.78, 5) is 15.0. The Morgan fingerprint density at radius 2 is 1.86 bits per heavy atom. The number of fused-ring (bicyclic) bond motifs is 1. The number of carbonyl (C=O) groups excluding carboxylic acids is 1. The largest absolute Gasteiger partial charge is 0.472 e. The molecule has 0 bridgehead atoms. The highest BCUT2D eigenvalue weighted by atomic mass is 16.7. The summed E-state index contributed by atoms with van der Waals surface area (Å²) in [6, 6.07) is 17.8. The number of ether oxygens (including phenoxy) is 2. The van der Waals surface area contributed by atoms with Gasteiger partial charge in [0.2, 0.25) is 12.7 Å². The van der Waals surface area contributed by atoms with E-state index in [2.05, 4.69) is 19.1 Å². The van der Waals surface area contributed by atoms with Gasteiger partial charge in [-0.2, -0.15) is 0 Å². The van der Waals surface area contributed by atoms with E-state index in [-0.39, 0.29) is 18.7 Å². The van der Waals surface area contributed by atoms with Crippen LogP contribution in [0.25, 0.3) is 0 Å². The Labute approximate surface area is 164 Å². The monoisotopic (exact) mass is 377 g/mol. The lowest BCUT2D eigenvalue weighted by atomic mass is 10.0. The first-order valence-corrected chi connectivity index (χ1v) is 9.45. The van der Waals surface area contributed by atoms with Crippen molar-refractivity contribution in [2.75, 3.05) is 6.79 Å². The SMILES string of the molecule is CC(c1ccccc1)N(Cc1ccoc1)C(=O)CCc1ccc2c(c1)OCO2. The molecule has 144 valence electrons. The van der Waals surface area contributed by atoms with Crippen LogP contribution in [0.1, 0.15) is 36.1 Å². The van der Waals surface area contributed by atoms with Gasteiger partial charge in [-0.1, -0.05) is 36.4 Å². The first kappa shape index (κ1) is 18.2. The summed E-state index contributed by atoms with van der Waals surface area (Å²) in [5.41, 5.74) is 3.16. The molecular formula is C23H23NO4. The Balaban J connectivity index is 1.48. The maximum absolute atomic E-state index is 13.1. The molecule has 3 aromatic rings. The predicted molar refractivity (Wildman–Crippen MR) is 105 cm³/mol. The summed E-state index contributed by atoms with van der Waals surface area (Å²) >= 11 is 0. The zero-order chi connectivity index (χ0) is 19.3. The molecule has 2 aromatic carbocycles. The van der Waals surface area contributed by atoms with E-state index in [9.17, 15) is 4.79 Å². The summed E-state index contributed by atoms with van der Waals surface area (Å²) in [6.07, 6.45) is 4.40. The van der Waals surface area contributed by atoms with Crippen molar-refractivity contribution in [1.29, 1.82) is 0 Å². The number of aryl methyl sites for hydroxylation is 1. The van der Waals surface area contributed by atoms with Crippen molar-refractivity contribution in [3.05, 3.63) is 83.8 Å². The van der Waals surface area contributed by atoms with E-state index in [1.54, 1.807) is 12.5 Å². The average Bonchev–Trinajstić information content (AvgIpc) is 3.41. The van der Waals surface area contributed by atoms with Crippen LogP contribution in [0.5, 0.6) is 11.5 Å². The van der Waals surface area contributed by atoms with E-state index in [0.29, 0.717) is 19.4 Å². The van der Waals surface area contributed by atoms with Crippen LogP contribution in [0.15, 0.2) is 71.5 Å². The Morgan fingerprint density at radius 3 is 2.64 bits per heavy atom. The molecule has 1 atom stereocenters. The van der Waals surface area contributed by atoms with Gasteiger partial charge in [0.15, 0.2) is 11.5 Å². The van der Waals surface area contributed by atoms with Crippen molar-refractivity contribution in [3.63, 3.8) is 0 Å². The second kappa shape index (κ2) is 8.21. The Bertz CT molecular complexity index is 921. The van der Waals surface area contributed by atoms with E-state index in [0.717, 1.165) is 28.2 Å². The van der Waals surface area contributed by atoms with Crippen LogP contribution in [0.2, 0.25) is 0 Å². The summed E-state index contributed by atoms with van der Waals surface area (Å²) < 4.78 is 16.0. The minimum absolute atomic E-state index is 0.0275. The fourth-order valence-corrected chi connectivity index (χ4v) is 3.42. The van der Waals surface area contributed by atoms with Gasteiger partial charge in [0.05, 0.1) is 18.6 Å². The number of benzene rings is 2. The van der Waals surface area contributed by atoms with Crippen molar-refractivity contribution in [1.82, 2.24) is 4.90 Å². The lowest BCUT2D eigenvalue weighted by Crippen LogP contribution is -2.33. The molecule has 0 N–H and O–H groups in total. The molecule has 0 saturated carbocycles. The fraction of sp³-hybridized carbons (Fsp3) is 0.261. The minimum Gasteiger partial charge on any atom is -0.472 e. The maximum atomic E-state index is 13.1. The fourth-order valence-electron chi connectivity index (χ4n) is 3.42. The van der Waals surface area contributed by atoms with Crippen LogP contribution in [-0.2, 0) is 17.8 Å². The number of amides is 1. The lowest BCUT2D eigenvalue weighted by molar-refractivity contribution is -0.134. The highest BCUT2D eigenvalue weighted by Crippen LogP contribution is 2.33. The third-order valence-electron chi connectivity index (χ3n) is 5.07. The molecule has 4 rings (SSSR count). The zero-order valence-corrected chi connectivity index (χ0v) is 15.8. The second-order valence-electron chi connectivity index (χ2n) is 6.93. The summed E-state index contributed by atoms with van der Waals surface area (Å²) in [5, 5.41) is 0. The molecule has 5 nitrogen and oxygen atoms in total. The van der Waals surface area contributed by atoms with E-state index >= 15 is 0 Å². The van der Waals surface area contributed by atoms with Crippen LogP contribution in [0, 0.1) is 0 Å². The molecule has 28 heavy (non-hydrogen) atoms. The Kier molecular flexibility index (Phi) is 5.33. The molecule has 5 heteroatoms. The van der Waals surface area contributed by atoms with Crippen molar-refractivity contribution < 1.29 is 18.7 Å². The number of hydrogen-bond acceptors (Lipinski definition) is 4. The molecule has 1 aliphatic heterocycles. The zero-order valence-electron chi connectivity index (χ0n) is 15.8. The van der Waals surface area contributed by atoms with Crippen LogP contribution in [-0.4, -0.2) is 17.6 Å². The topological polar surface area (TPSA) is 51.9 Å². The lowest BCUT2D eigenvalue weighted by Gasteiger charge is -2.29. The van der Waals surface area contributed by atoms with Crippen LogP contribution < -0.4 is 9.47 Å². The average molecular weight is 377 g/mol. The molecule has 0 aliphatic carbocycles. The van der Waals surface area contributed by atoms with Crippen molar-refractivity contribution in [2.45, 2.75) is 32.4 Å². The van der Waals surface area contributed by atoms with Gasteiger partial charge >= 0.3 is 0 Å². The van der Waals surface area contributed by atoms with Crippen molar-refractivity contribution in [3.8, 4) is 11.5 Å². The Morgan fingerprint density at radius 1 is 1.04 bits per heavy atom. The molecule has 0 saturated heterocycles. The third kappa shape index (κ3) is 4.03. The molecule has 0 radical (unpaired) electrons. The van der Waals surface area contributed by atoms with E-state index in [4.69, 9.17) is 13.9 Å². The van der Waals surface area contributed by atoms with Gasteiger partial charge < -0.3 is 18.8 Å². The highest BCUT2D eigenvalue weighted by molar-refractivity contribution is 5.77. The van der Waals surface area contributed by atoms with E-state index in [1.165, 1.54) is 0 Å².